The number of amides is 2. The Kier molecular flexibility index (Phi) is 5.21. The molecule has 0 aliphatic carbocycles. The molecule has 0 spiro atoms. The zero-order valence-electron chi connectivity index (χ0n) is 14.9. The van der Waals surface area contributed by atoms with E-state index in [-0.39, 0.29) is 30.5 Å². The van der Waals surface area contributed by atoms with Crippen LogP contribution in [0.2, 0.25) is 0 Å². The van der Waals surface area contributed by atoms with Crippen LogP contribution in [0.25, 0.3) is 0 Å². The first kappa shape index (κ1) is 17.9. The Bertz CT molecular complexity index is 805. The third kappa shape index (κ3) is 3.85. The molecule has 1 unspecified atom stereocenters. The van der Waals surface area contributed by atoms with Crippen LogP contribution in [0.4, 0.5) is 15.8 Å². The van der Waals surface area contributed by atoms with E-state index in [9.17, 15) is 14.0 Å². The minimum Gasteiger partial charge on any atom is -0.378 e. The summed E-state index contributed by atoms with van der Waals surface area (Å²) in [5.41, 5.74) is 2.30. The van der Waals surface area contributed by atoms with Crippen molar-refractivity contribution in [3.05, 3.63) is 59.9 Å². The Morgan fingerprint density at radius 1 is 1.19 bits per heavy atom. The van der Waals surface area contributed by atoms with Gasteiger partial charge < -0.3 is 15.1 Å². The van der Waals surface area contributed by atoms with Crippen LogP contribution in [0.15, 0.2) is 48.5 Å². The zero-order valence-corrected chi connectivity index (χ0v) is 14.9. The summed E-state index contributed by atoms with van der Waals surface area (Å²) in [4.78, 5) is 28.0. The van der Waals surface area contributed by atoms with E-state index in [0.29, 0.717) is 6.54 Å². The Labute approximate surface area is 152 Å². The predicted molar refractivity (Wildman–Crippen MR) is 99.5 cm³/mol. The molecule has 2 aromatic rings. The van der Waals surface area contributed by atoms with Gasteiger partial charge in [-0.2, -0.15) is 0 Å². The molecular weight excluding hydrogens is 333 g/mol. The fraction of sp³-hybridized carbons (Fsp3) is 0.300. The minimum absolute atomic E-state index is 0.0970. The number of carbonyl (C=O) groups is 2. The Morgan fingerprint density at radius 3 is 2.54 bits per heavy atom. The smallest absolute Gasteiger partial charge is 0.227 e. The molecule has 0 saturated carbocycles. The molecule has 6 heteroatoms. The van der Waals surface area contributed by atoms with Crippen molar-refractivity contribution in [1.82, 2.24) is 5.32 Å². The number of nitrogens with zero attached hydrogens (tertiary/aromatic N) is 2. The Balaban J connectivity index is 1.59. The zero-order chi connectivity index (χ0) is 18.7. The van der Waals surface area contributed by atoms with E-state index < -0.39 is 11.7 Å². The first-order valence-electron chi connectivity index (χ1n) is 8.54. The summed E-state index contributed by atoms with van der Waals surface area (Å²) in [5, 5.41) is 2.87. The van der Waals surface area contributed by atoms with Crippen LogP contribution in [-0.4, -0.2) is 32.5 Å². The van der Waals surface area contributed by atoms with Gasteiger partial charge in [-0.25, -0.2) is 4.39 Å². The maximum atomic E-state index is 13.9. The van der Waals surface area contributed by atoms with Gasteiger partial charge in [0.1, 0.15) is 5.82 Å². The van der Waals surface area contributed by atoms with Crippen molar-refractivity contribution < 1.29 is 14.0 Å². The maximum Gasteiger partial charge on any atom is 0.227 e. The highest BCUT2D eigenvalue weighted by molar-refractivity contribution is 6.00. The number of halogens is 1. The van der Waals surface area contributed by atoms with Crippen LogP contribution in [0.3, 0.4) is 0 Å². The first-order chi connectivity index (χ1) is 12.5. The summed E-state index contributed by atoms with van der Waals surface area (Å²) in [7, 11) is 3.93. The van der Waals surface area contributed by atoms with Crippen LogP contribution < -0.4 is 15.1 Å². The van der Waals surface area contributed by atoms with E-state index in [2.05, 4.69) is 5.32 Å². The monoisotopic (exact) mass is 355 g/mol. The molecule has 1 atom stereocenters. The number of hydrogen-bond acceptors (Lipinski definition) is 3. The predicted octanol–water partition coefficient (Wildman–Crippen LogP) is 2.56. The van der Waals surface area contributed by atoms with E-state index in [1.54, 1.807) is 18.2 Å². The lowest BCUT2D eigenvalue weighted by atomic mass is 10.1. The van der Waals surface area contributed by atoms with Gasteiger partial charge in [0, 0.05) is 39.3 Å². The number of carbonyl (C=O) groups excluding carboxylic acids is 2. The molecule has 2 aromatic carbocycles. The van der Waals surface area contributed by atoms with Gasteiger partial charge in [0.15, 0.2) is 0 Å². The molecule has 2 amide bonds. The summed E-state index contributed by atoms with van der Waals surface area (Å²) in [5.74, 6) is -1.34. The molecule has 3 rings (SSSR count). The standard InChI is InChI=1S/C20H22FN3O2/c1-23(2)16-9-7-14(8-10-16)12-22-20(26)15-11-19(25)24(13-15)18-6-4-3-5-17(18)21/h3-10,15H,11-13H2,1-2H3,(H,22,26). The number of para-hydroxylation sites is 1. The largest absolute Gasteiger partial charge is 0.378 e. The fourth-order valence-corrected chi connectivity index (χ4v) is 3.03. The highest BCUT2D eigenvalue weighted by Crippen LogP contribution is 2.27. The Morgan fingerprint density at radius 2 is 1.88 bits per heavy atom. The maximum absolute atomic E-state index is 13.9. The molecule has 1 fully saturated rings. The van der Waals surface area contributed by atoms with Crippen molar-refractivity contribution >= 4 is 23.2 Å². The lowest BCUT2D eigenvalue weighted by molar-refractivity contribution is -0.126. The molecule has 1 aliphatic heterocycles. The number of benzene rings is 2. The third-order valence-electron chi connectivity index (χ3n) is 4.56. The molecule has 0 radical (unpaired) electrons. The van der Waals surface area contributed by atoms with Gasteiger partial charge in [-0.1, -0.05) is 24.3 Å². The van der Waals surface area contributed by atoms with E-state index in [0.717, 1.165) is 11.3 Å². The molecule has 26 heavy (non-hydrogen) atoms. The van der Waals surface area contributed by atoms with Crippen LogP contribution in [-0.2, 0) is 16.1 Å². The summed E-state index contributed by atoms with van der Waals surface area (Å²) in [6, 6.07) is 14.0. The minimum atomic E-state index is -0.469. The van der Waals surface area contributed by atoms with Gasteiger partial charge in [0.05, 0.1) is 11.6 Å². The van der Waals surface area contributed by atoms with E-state index in [4.69, 9.17) is 0 Å². The summed E-state index contributed by atoms with van der Waals surface area (Å²) >= 11 is 0. The molecule has 136 valence electrons. The lowest BCUT2D eigenvalue weighted by Crippen LogP contribution is -2.32. The van der Waals surface area contributed by atoms with Gasteiger partial charge in [0.2, 0.25) is 11.8 Å². The topological polar surface area (TPSA) is 52.7 Å². The molecule has 1 aliphatic rings. The van der Waals surface area contributed by atoms with Crippen molar-refractivity contribution in [2.24, 2.45) is 5.92 Å². The fourth-order valence-electron chi connectivity index (χ4n) is 3.03. The number of nitrogens with one attached hydrogen (secondary N) is 1. The van der Waals surface area contributed by atoms with Crippen LogP contribution in [0.1, 0.15) is 12.0 Å². The summed E-state index contributed by atoms with van der Waals surface area (Å²) in [6.07, 6.45) is 0.0970. The third-order valence-corrected chi connectivity index (χ3v) is 4.56. The molecule has 5 nitrogen and oxygen atoms in total. The summed E-state index contributed by atoms with van der Waals surface area (Å²) in [6.45, 7) is 0.599. The number of rotatable bonds is 5. The molecule has 1 N–H and O–H groups in total. The highest BCUT2D eigenvalue weighted by atomic mass is 19.1. The molecule has 1 saturated heterocycles. The molecule has 0 bridgehead atoms. The lowest BCUT2D eigenvalue weighted by Gasteiger charge is -2.17. The van der Waals surface area contributed by atoms with Crippen molar-refractivity contribution in [2.75, 3.05) is 30.4 Å². The number of anilines is 2. The SMILES string of the molecule is CN(C)c1ccc(CNC(=O)C2CC(=O)N(c3ccccc3F)C2)cc1. The van der Waals surface area contributed by atoms with Crippen molar-refractivity contribution in [3.63, 3.8) is 0 Å². The summed E-state index contributed by atoms with van der Waals surface area (Å²) < 4.78 is 13.9. The second-order valence-corrected chi connectivity index (χ2v) is 6.64. The van der Waals surface area contributed by atoms with Crippen molar-refractivity contribution in [2.45, 2.75) is 13.0 Å². The van der Waals surface area contributed by atoms with Gasteiger partial charge in [-0.15, -0.1) is 0 Å². The average molecular weight is 355 g/mol. The second-order valence-electron chi connectivity index (χ2n) is 6.64. The van der Waals surface area contributed by atoms with Crippen molar-refractivity contribution in [3.8, 4) is 0 Å². The molecule has 1 heterocycles. The average Bonchev–Trinajstić information content (AvgIpc) is 3.02. The van der Waals surface area contributed by atoms with Gasteiger partial charge in [-0.3, -0.25) is 9.59 Å². The second kappa shape index (κ2) is 7.56. The quantitative estimate of drug-likeness (QED) is 0.897. The van der Waals surface area contributed by atoms with Crippen LogP contribution >= 0.6 is 0 Å². The van der Waals surface area contributed by atoms with Gasteiger partial charge in [0.25, 0.3) is 0 Å². The van der Waals surface area contributed by atoms with Crippen molar-refractivity contribution in [1.29, 1.82) is 0 Å². The van der Waals surface area contributed by atoms with Gasteiger partial charge in [-0.05, 0) is 29.8 Å². The van der Waals surface area contributed by atoms with Crippen LogP contribution in [0, 0.1) is 11.7 Å². The normalized spacial score (nSPS) is 16.7. The highest BCUT2D eigenvalue weighted by Gasteiger charge is 2.35. The molecular formula is C20H22FN3O2. The van der Waals surface area contributed by atoms with Crippen LogP contribution in [0.5, 0.6) is 0 Å². The number of hydrogen-bond donors (Lipinski definition) is 1. The van der Waals surface area contributed by atoms with E-state index in [1.807, 2.05) is 43.3 Å². The van der Waals surface area contributed by atoms with Gasteiger partial charge >= 0.3 is 0 Å². The van der Waals surface area contributed by atoms with E-state index >= 15 is 0 Å². The molecule has 0 aromatic heterocycles. The Hall–Kier alpha value is -2.89. The van der Waals surface area contributed by atoms with E-state index in [1.165, 1.54) is 11.0 Å². The first-order valence-corrected chi connectivity index (χ1v) is 8.54.